The SMILES string of the molecule is CCOc1ccccc1OC(C)CCO. The Morgan fingerprint density at radius 3 is 2.53 bits per heavy atom. The van der Waals surface area contributed by atoms with Crippen LogP contribution in [0, 0.1) is 0 Å². The fourth-order valence-electron chi connectivity index (χ4n) is 1.28. The number of para-hydroxylation sites is 2. The predicted octanol–water partition coefficient (Wildman–Crippen LogP) is 2.24. The van der Waals surface area contributed by atoms with E-state index >= 15 is 0 Å². The van der Waals surface area contributed by atoms with Crippen LogP contribution in [0.5, 0.6) is 11.5 Å². The van der Waals surface area contributed by atoms with Crippen molar-refractivity contribution in [2.75, 3.05) is 13.2 Å². The van der Waals surface area contributed by atoms with E-state index in [1.807, 2.05) is 38.1 Å². The second-order valence-electron chi connectivity index (χ2n) is 3.32. The lowest BCUT2D eigenvalue weighted by Gasteiger charge is -2.16. The first-order valence-corrected chi connectivity index (χ1v) is 5.27. The second kappa shape index (κ2) is 6.30. The molecule has 1 rings (SSSR count). The maximum atomic E-state index is 8.78. The highest BCUT2D eigenvalue weighted by Gasteiger charge is 2.07. The van der Waals surface area contributed by atoms with Gasteiger partial charge in [-0.25, -0.2) is 0 Å². The molecule has 0 saturated carbocycles. The van der Waals surface area contributed by atoms with E-state index in [1.165, 1.54) is 0 Å². The van der Waals surface area contributed by atoms with Crippen LogP contribution in [-0.2, 0) is 0 Å². The fourth-order valence-corrected chi connectivity index (χ4v) is 1.28. The molecule has 1 aromatic rings. The third kappa shape index (κ3) is 3.80. The van der Waals surface area contributed by atoms with Crippen LogP contribution in [-0.4, -0.2) is 24.4 Å². The molecule has 1 aromatic carbocycles. The van der Waals surface area contributed by atoms with Gasteiger partial charge in [-0.05, 0) is 26.0 Å². The number of aliphatic hydroxyl groups excluding tert-OH is 1. The Morgan fingerprint density at radius 2 is 1.93 bits per heavy atom. The highest BCUT2D eigenvalue weighted by Crippen LogP contribution is 2.27. The molecule has 84 valence electrons. The Balaban J connectivity index is 2.66. The minimum absolute atomic E-state index is 0.00314. The molecular weight excluding hydrogens is 192 g/mol. The van der Waals surface area contributed by atoms with Gasteiger partial charge in [0, 0.05) is 13.0 Å². The van der Waals surface area contributed by atoms with Crippen LogP contribution in [0.25, 0.3) is 0 Å². The summed E-state index contributed by atoms with van der Waals surface area (Å²) in [4.78, 5) is 0. The number of aliphatic hydroxyl groups is 1. The summed E-state index contributed by atoms with van der Waals surface area (Å²) in [5.41, 5.74) is 0. The van der Waals surface area contributed by atoms with E-state index in [1.54, 1.807) is 0 Å². The molecule has 0 heterocycles. The molecule has 0 aliphatic rings. The Labute approximate surface area is 90.6 Å². The van der Waals surface area contributed by atoms with Crippen LogP contribution >= 0.6 is 0 Å². The van der Waals surface area contributed by atoms with Gasteiger partial charge in [0.05, 0.1) is 12.7 Å². The monoisotopic (exact) mass is 210 g/mol. The summed E-state index contributed by atoms with van der Waals surface area (Å²) in [5.74, 6) is 1.49. The molecule has 0 bridgehead atoms. The quantitative estimate of drug-likeness (QED) is 0.782. The normalized spacial score (nSPS) is 12.2. The molecule has 1 unspecified atom stereocenters. The number of rotatable bonds is 6. The lowest BCUT2D eigenvalue weighted by Crippen LogP contribution is -2.14. The average molecular weight is 210 g/mol. The number of hydrogen-bond acceptors (Lipinski definition) is 3. The molecule has 0 aliphatic heterocycles. The van der Waals surface area contributed by atoms with Crippen molar-refractivity contribution in [1.82, 2.24) is 0 Å². The summed E-state index contributed by atoms with van der Waals surface area (Å²) < 4.78 is 11.1. The smallest absolute Gasteiger partial charge is 0.161 e. The summed E-state index contributed by atoms with van der Waals surface area (Å²) in [5, 5.41) is 8.78. The van der Waals surface area contributed by atoms with Gasteiger partial charge in [-0.2, -0.15) is 0 Å². The Kier molecular flexibility index (Phi) is 4.98. The topological polar surface area (TPSA) is 38.7 Å². The van der Waals surface area contributed by atoms with Crippen LogP contribution in [0.2, 0.25) is 0 Å². The number of benzene rings is 1. The van der Waals surface area contributed by atoms with Crippen molar-refractivity contribution in [3.63, 3.8) is 0 Å². The zero-order valence-corrected chi connectivity index (χ0v) is 9.27. The van der Waals surface area contributed by atoms with Gasteiger partial charge in [0.15, 0.2) is 11.5 Å². The van der Waals surface area contributed by atoms with Crippen LogP contribution in [0.4, 0.5) is 0 Å². The van der Waals surface area contributed by atoms with Gasteiger partial charge in [-0.3, -0.25) is 0 Å². The molecular formula is C12H18O3. The lowest BCUT2D eigenvalue weighted by molar-refractivity contribution is 0.162. The maximum absolute atomic E-state index is 8.78. The third-order valence-corrected chi connectivity index (χ3v) is 2.01. The molecule has 0 fully saturated rings. The van der Waals surface area contributed by atoms with Crippen LogP contribution in [0.15, 0.2) is 24.3 Å². The van der Waals surface area contributed by atoms with Gasteiger partial charge >= 0.3 is 0 Å². The average Bonchev–Trinajstić information content (AvgIpc) is 2.21. The molecule has 0 saturated heterocycles. The van der Waals surface area contributed by atoms with E-state index < -0.39 is 0 Å². The highest BCUT2D eigenvalue weighted by atomic mass is 16.5. The summed E-state index contributed by atoms with van der Waals surface area (Å²) in [6.07, 6.45) is 0.622. The molecule has 0 aromatic heterocycles. The van der Waals surface area contributed by atoms with Crippen LogP contribution in [0.1, 0.15) is 20.3 Å². The van der Waals surface area contributed by atoms with E-state index in [0.717, 1.165) is 11.5 Å². The van der Waals surface area contributed by atoms with Crippen molar-refractivity contribution in [3.05, 3.63) is 24.3 Å². The number of hydrogen-bond donors (Lipinski definition) is 1. The largest absolute Gasteiger partial charge is 0.490 e. The Morgan fingerprint density at radius 1 is 1.27 bits per heavy atom. The van der Waals surface area contributed by atoms with Crippen molar-refractivity contribution in [3.8, 4) is 11.5 Å². The molecule has 1 atom stereocenters. The third-order valence-electron chi connectivity index (χ3n) is 2.01. The van der Waals surface area contributed by atoms with E-state index in [-0.39, 0.29) is 12.7 Å². The van der Waals surface area contributed by atoms with E-state index in [4.69, 9.17) is 14.6 Å². The van der Waals surface area contributed by atoms with Crippen LogP contribution < -0.4 is 9.47 Å². The molecule has 0 spiro atoms. The summed E-state index contributed by atoms with van der Waals surface area (Å²) in [6, 6.07) is 7.57. The van der Waals surface area contributed by atoms with Gasteiger partial charge in [0.1, 0.15) is 0 Å². The molecule has 3 heteroatoms. The van der Waals surface area contributed by atoms with E-state index in [0.29, 0.717) is 13.0 Å². The second-order valence-corrected chi connectivity index (χ2v) is 3.32. The Hall–Kier alpha value is -1.22. The standard InChI is InChI=1S/C12H18O3/c1-3-14-11-6-4-5-7-12(11)15-10(2)8-9-13/h4-7,10,13H,3,8-9H2,1-2H3. The number of ether oxygens (including phenoxy) is 2. The lowest BCUT2D eigenvalue weighted by atomic mass is 10.3. The maximum Gasteiger partial charge on any atom is 0.161 e. The fraction of sp³-hybridized carbons (Fsp3) is 0.500. The Bertz CT molecular complexity index is 286. The van der Waals surface area contributed by atoms with Gasteiger partial charge in [0.2, 0.25) is 0 Å². The predicted molar refractivity (Wildman–Crippen MR) is 59.4 cm³/mol. The molecule has 3 nitrogen and oxygen atoms in total. The first kappa shape index (κ1) is 11.9. The highest BCUT2D eigenvalue weighted by molar-refractivity contribution is 5.39. The van der Waals surface area contributed by atoms with E-state index in [2.05, 4.69) is 0 Å². The first-order chi connectivity index (χ1) is 7.27. The van der Waals surface area contributed by atoms with Gasteiger partial charge < -0.3 is 14.6 Å². The molecule has 0 aliphatic carbocycles. The molecule has 15 heavy (non-hydrogen) atoms. The summed E-state index contributed by atoms with van der Waals surface area (Å²) in [7, 11) is 0. The summed E-state index contributed by atoms with van der Waals surface area (Å²) >= 11 is 0. The van der Waals surface area contributed by atoms with Gasteiger partial charge in [0.25, 0.3) is 0 Å². The van der Waals surface area contributed by atoms with Crippen molar-refractivity contribution in [2.45, 2.75) is 26.4 Å². The van der Waals surface area contributed by atoms with E-state index in [9.17, 15) is 0 Å². The zero-order valence-electron chi connectivity index (χ0n) is 9.27. The minimum Gasteiger partial charge on any atom is -0.490 e. The van der Waals surface area contributed by atoms with Gasteiger partial charge in [-0.1, -0.05) is 12.1 Å². The first-order valence-electron chi connectivity index (χ1n) is 5.27. The van der Waals surface area contributed by atoms with Crippen molar-refractivity contribution < 1.29 is 14.6 Å². The van der Waals surface area contributed by atoms with Crippen LogP contribution in [0.3, 0.4) is 0 Å². The summed E-state index contributed by atoms with van der Waals surface area (Å²) in [6.45, 7) is 4.62. The van der Waals surface area contributed by atoms with Crippen molar-refractivity contribution >= 4 is 0 Å². The molecule has 0 radical (unpaired) electrons. The van der Waals surface area contributed by atoms with Crippen molar-refractivity contribution in [1.29, 1.82) is 0 Å². The zero-order chi connectivity index (χ0) is 11.1. The minimum atomic E-state index is -0.00314. The molecule has 1 N–H and O–H groups in total. The van der Waals surface area contributed by atoms with Gasteiger partial charge in [-0.15, -0.1) is 0 Å². The molecule has 0 amide bonds. The van der Waals surface area contributed by atoms with Crippen molar-refractivity contribution in [2.24, 2.45) is 0 Å².